The second-order valence-corrected chi connectivity index (χ2v) is 7.71. The molecule has 0 spiro atoms. The average Bonchev–Trinajstić information content (AvgIpc) is 3.18. The number of sulfonamides is 1. The fraction of sp³-hybridized carbons (Fsp3) is 0.294. The zero-order valence-electron chi connectivity index (χ0n) is 14.1. The molecule has 0 atom stereocenters. The average molecular weight is 379 g/mol. The first-order valence-electron chi connectivity index (χ1n) is 8.03. The molecule has 2 aromatic rings. The van der Waals surface area contributed by atoms with Crippen LogP contribution < -0.4 is 10.1 Å². The van der Waals surface area contributed by atoms with E-state index in [4.69, 9.17) is 4.74 Å². The number of ether oxygens (including phenoxy) is 1. The number of aromatic nitrogens is 1. The van der Waals surface area contributed by atoms with Crippen LogP contribution in [0, 0.1) is 5.82 Å². The first-order chi connectivity index (χ1) is 12.4. The van der Waals surface area contributed by atoms with Gasteiger partial charge in [-0.2, -0.15) is 4.31 Å². The van der Waals surface area contributed by atoms with E-state index >= 15 is 0 Å². The van der Waals surface area contributed by atoms with Crippen LogP contribution in [0.3, 0.4) is 0 Å². The van der Waals surface area contributed by atoms with E-state index in [1.165, 1.54) is 23.7 Å². The van der Waals surface area contributed by atoms with Gasteiger partial charge in [0.25, 0.3) is 5.91 Å². The molecule has 3 rings (SSSR count). The van der Waals surface area contributed by atoms with Crippen LogP contribution in [-0.2, 0) is 10.0 Å². The molecular formula is C17H18FN3O4S. The largest absolute Gasteiger partial charge is 0.481 e. The smallest absolute Gasteiger partial charge is 0.255 e. The Morgan fingerprint density at radius 3 is 2.58 bits per heavy atom. The van der Waals surface area contributed by atoms with Crippen molar-refractivity contribution in [2.24, 2.45) is 0 Å². The van der Waals surface area contributed by atoms with Crippen molar-refractivity contribution in [1.82, 2.24) is 9.29 Å². The number of methoxy groups -OCH3 is 1. The summed E-state index contributed by atoms with van der Waals surface area (Å²) in [5.74, 6) is -1.04. The maximum absolute atomic E-state index is 14.1. The van der Waals surface area contributed by atoms with Crippen LogP contribution in [0.15, 0.2) is 41.4 Å². The topological polar surface area (TPSA) is 88.6 Å². The third-order valence-electron chi connectivity index (χ3n) is 4.08. The summed E-state index contributed by atoms with van der Waals surface area (Å²) in [6.07, 6.45) is 2.89. The van der Waals surface area contributed by atoms with Crippen LogP contribution in [0.25, 0.3) is 0 Å². The lowest BCUT2D eigenvalue weighted by Gasteiger charge is -2.16. The highest BCUT2D eigenvalue weighted by Gasteiger charge is 2.30. The number of rotatable bonds is 5. The predicted octanol–water partition coefficient (Wildman–Crippen LogP) is 2.27. The third kappa shape index (κ3) is 3.68. The number of hydrogen-bond acceptors (Lipinski definition) is 5. The molecule has 1 aliphatic heterocycles. The Kier molecular flexibility index (Phi) is 5.19. The number of carbonyl (C=O) groups excluding carboxylic acids is 1. The Bertz CT molecular complexity index is 910. The zero-order chi connectivity index (χ0) is 18.7. The summed E-state index contributed by atoms with van der Waals surface area (Å²) >= 11 is 0. The standard InChI is InChI=1S/C17H18FN3O4S/c1-25-16-7-5-13(11-19-16)20-17(22)12-4-6-14(18)15(10-12)26(23,24)21-8-2-3-9-21/h4-7,10-11H,2-3,8-9H2,1H3,(H,20,22). The van der Waals surface area contributed by atoms with Gasteiger partial charge in [-0.15, -0.1) is 0 Å². The van der Waals surface area contributed by atoms with Crippen molar-refractivity contribution in [3.63, 3.8) is 0 Å². The quantitative estimate of drug-likeness (QED) is 0.861. The van der Waals surface area contributed by atoms with Gasteiger partial charge in [0.2, 0.25) is 15.9 Å². The molecule has 26 heavy (non-hydrogen) atoms. The lowest BCUT2D eigenvalue weighted by atomic mass is 10.2. The van der Waals surface area contributed by atoms with E-state index < -0.39 is 26.6 Å². The molecule has 0 unspecified atom stereocenters. The number of nitrogens with one attached hydrogen (secondary N) is 1. The summed E-state index contributed by atoms with van der Waals surface area (Å²) in [5, 5.41) is 2.59. The predicted molar refractivity (Wildman–Crippen MR) is 93.1 cm³/mol. The highest BCUT2D eigenvalue weighted by atomic mass is 32.2. The van der Waals surface area contributed by atoms with Crippen LogP contribution >= 0.6 is 0 Å². The Hall–Kier alpha value is -2.52. The molecule has 9 heteroatoms. The van der Waals surface area contributed by atoms with Crippen molar-refractivity contribution in [3.8, 4) is 5.88 Å². The number of hydrogen-bond donors (Lipinski definition) is 1. The van der Waals surface area contributed by atoms with E-state index in [-0.39, 0.29) is 5.56 Å². The third-order valence-corrected chi connectivity index (χ3v) is 5.99. The fourth-order valence-electron chi connectivity index (χ4n) is 2.69. The Morgan fingerprint density at radius 1 is 1.23 bits per heavy atom. The van der Waals surface area contributed by atoms with Gasteiger partial charge in [-0.1, -0.05) is 0 Å². The number of anilines is 1. The lowest BCUT2D eigenvalue weighted by Crippen LogP contribution is -2.29. The van der Waals surface area contributed by atoms with E-state index in [9.17, 15) is 17.6 Å². The summed E-state index contributed by atoms with van der Waals surface area (Å²) in [5.41, 5.74) is 0.448. The summed E-state index contributed by atoms with van der Waals surface area (Å²) in [4.78, 5) is 15.9. The first-order valence-corrected chi connectivity index (χ1v) is 9.47. The van der Waals surface area contributed by atoms with Crippen LogP contribution in [0.5, 0.6) is 5.88 Å². The normalized spacial score (nSPS) is 15.0. The molecule has 7 nitrogen and oxygen atoms in total. The first kappa shape index (κ1) is 18.3. The van der Waals surface area contributed by atoms with Gasteiger partial charge in [0.15, 0.2) is 0 Å². The van der Waals surface area contributed by atoms with Gasteiger partial charge in [-0.05, 0) is 37.1 Å². The van der Waals surface area contributed by atoms with E-state index in [1.54, 1.807) is 12.1 Å². The van der Waals surface area contributed by atoms with Crippen molar-refractivity contribution in [2.45, 2.75) is 17.7 Å². The summed E-state index contributed by atoms with van der Waals surface area (Å²) in [6.45, 7) is 0.714. The van der Waals surface area contributed by atoms with Crippen LogP contribution in [-0.4, -0.2) is 43.8 Å². The van der Waals surface area contributed by atoms with E-state index in [1.807, 2.05) is 0 Å². The minimum atomic E-state index is -3.96. The van der Waals surface area contributed by atoms with Crippen LogP contribution in [0.2, 0.25) is 0 Å². The zero-order valence-corrected chi connectivity index (χ0v) is 14.9. The number of amides is 1. The van der Waals surface area contributed by atoms with Gasteiger partial charge in [-0.3, -0.25) is 4.79 Å². The lowest BCUT2D eigenvalue weighted by molar-refractivity contribution is 0.102. The second kappa shape index (κ2) is 7.38. The molecular weight excluding hydrogens is 361 g/mol. The molecule has 0 aliphatic carbocycles. The molecule has 0 saturated carbocycles. The van der Waals surface area contributed by atoms with Crippen molar-refractivity contribution >= 4 is 21.6 Å². The van der Waals surface area contributed by atoms with Gasteiger partial charge in [0, 0.05) is 24.7 Å². The van der Waals surface area contributed by atoms with Crippen LogP contribution in [0.4, 0.5) is 10.1 Å². The monoisotopic (exact) mass is 379 g/mol. The maximum Gasteiger partial charge on any atom is 0.255 e. The summed E-state index contributed by atoms with van der Waals surface area (Å²) in [6, 6.07) is 6.46. The Morgan fingerprint density at radius 2 is 1.96 bits per heavy atom. The molecule has 0 bridgehead atoms. The Balaban J connectivity index is 1.85. The molecule has 1 fully saturated rings. The number of benzene rings is 1. The molecule has 1 N–H and O–H groups in total. The van der Waals surface area contributed by atoms with Gasteiger partial charge in [0.05, 0.1) is 19.0 Å². The van der Waals surface area contributed by atoms with Crippen molar-refractivity contribution in [3.05, 3.63) is 47.9 Å². The maximum atomic E-state index is 14.1. The number of halogens is 1. The second-order valence-electron chi connectivity index (χ2n) is 5.80. The minimum Gasteiger partial charge on any atom is -0.481 e. The number of nitrogens with zero attached hydrogens (tertiary/aromatic N) is 2. The molecule has 1 amide bonds. The van der Waals surface area contributed by atoms with Gasteiger partial charge in [0.1, 0.15) is 10.7 Å². The minimum absolute atomic E-state index is 0.0417. The highest BCUT2D eigenvalue weighted by molar-refractivity contribution is 7.89. The summed E-state index contributed by atoms with van der Waals surface area (Å²) in [7, 11) is -2.48. The van der Waals surface area contributed by atoms with Crippen molar-refractivity contribution < 1.29 is 22.3 Å². The molecule has 1 aliphatic rings. The Labute approximate surface area is 150 Å². The fourth-order valence-corrected chi connectivity index (χ4v) is 4.30. The van der Waals surface area contributed by atoms with Crippen molar-refractivity contribution in [2.75, 3.05) is 25.5 Å². The molecule has 0 radical (unpaired) electrons. The number of carbonyl (C=O) groups is 1. The van der Waals surface area contributed by atoms with E-state index in [0.29, 0.717) is 24.7 Å². The molecule has 2 heterocycles. The highest BCUT2D eigenvalue weighted by Crippen LogP contribution is 2.24. The molecule has 1 saturated heterocycles. The number of pyridine rings is 1. The van der Waals surface area contributed by atoms with Gasteiger partial charge >= 0.3 is 0 Å². The van der Waals surface area contributed by atoms with Gasteiger partial charge < -0.3 is 10.1 Å². The van der Waals surface area contributed by atoms with Gasteiger partial charge in [-0.25, -0.2) is 17.8 Å². The van der Waals surface area contributed by atoms with Crippen LogP contribution in [0.1, 0.15) is 23.2 Å². The van der Waals surface area contributed by atoms with Crippen molar-refractivity contribution in [1.29, 1.82) is 0 Å². The molecule has 1 aromatic heterocycles. The van der Waals surface area contributed by atoms with E-state index in [0.717, 1.165) is 25.0 Å². The summed E-state index contributed by atoms with van der Waals surface area (Å²) < 4.78 is 45.5. The van der Waals surface area contributed by atoms with E-state index in [2.05, 4.69) is 10.3 Å². The molecule has 138 valence electrons. The molecule has 1 aromatic carbocycles. The SMILES string of the molecule is COc1ccc(NC(=O)c2ccc(F)c(S(=O)(=O)N3CCCC3)c2)cn1.